The Bertz CT molecular complexity index is 213. The van der Waals surface area contributed by atoms with Gasteiger partial charge in [-0.3, -0.25) is 4.79 Å². The van der Waals surface area contributed by atoms with Gasteiger partial charge in [-0.1, -0.05) is 11.6 Å². The predicted octanol–water partition coefficient (Wildman–Crippen LogP) is 1.36. The van der Waals surface area contributed by atoms with Crippen LogP contribution in [0.4, 0.5) is 0 Å². The van der Waals surface area contributed by atoms with Crippen LogP contribution in [-0.2, 0) is 4.79 Å². The number of rotatable bonds is 1. The highest BCUT2D eigenvalue weighted by Gasteiger charge is 2.02. The SMILES string of the molecule is CC(=O)NC1=CC(C)=CC1. The third kappa shape index (κ3) is 1.72. The van der Waals surface area contributed by atoms with Crippen molar-refractivity contribution in [2.45, 2.75) is 20.3 Å². The lowest BCUT2D eigenvalue weighted by atomic mass is 10.3. The van der Waals surface area contributed by atoms with Gasteiger partial charge >= 0.3 is 0 Å². The quantitative estimate of drug-likeness (QED) is 0.580. The highest BCUT2D eigenvalue weighted by molar-refractivity contribution is 5.75. The van der Waals surface area contributed by atoms with Crippen LogP contribution in [-0.4, -0.2) is 5.91 Å². The van der Waals surface area contributed by atoms with Crippen molar-refractivity contribution in [2.24, 2.45) is 0 Å². The first-order chi connectivity index (χ1) is 4.68. The minimum absolute atomic E-state index is 0.00866. The van der Waals surface area contributed by atoms with Gasteiger partial charge in [-0.25, -0.2) is 0 Å². The molecule has 1 rings (SSSR count). The molecule has 0 aliphatic heterocycles. The maximum absolute atomic E-state index is 10.5. The maximum atomic E-state index is 10.5. The molecule has 1 aliphatic rings. The molecule has 54 valence electrons. The average Bonchev–Trinajstić information content (AvgIpc) is 2.13. The molecule has 1 aliphatic carbocycles. The number of carbonyl (C=O) groups is 1. The molecule has 1 N–H and O–H groups in total. The Morgan fingerprint density at radius 3 is 2.80 bits per heavy atom. The second kappa shape index (κ2) is 2.69. The van der Waals surface area contributed by atoms with E-state index in [9.17, 15) is 4.79 Å². The van der Waals surface area contributed by atoms with Gasteiger partial charge in [-0.2, -0.15) is 0 Å². The van der Waals surface area contributed by atoms with Gasteiger partial charge in [0.2, 0.25) is 5.91 Å². The van der Waals surface area contributed by atoms with Crippen molar-refractivity contribution in [1.82, 2.24) is 5.32 Å². The van der Waals surface area contributed by atoms with Gasteiger partial charge in [0.1, 0.15) is 0 Å². The lowest BCUT2D eigenvalue weighted by Crippen LogP contribution is -2.17. The second-order valence-electron chi connectivity index (χ2n) is 2.50. The zero-order valence-corrected chi connectivity index (χ0v) is 6.27. The number of hydrogen-bond donors (Lipinski definition) is 1. The van der Waals surface area contributed by atoms with Crippen molar-refractivity contribution in [3.63, 3.8) is 0 Å². The monoisotopic (exact) mass is 137 g/mol. The van der Waals surface area contributed by atoms with Gasteiger partial charge in [-0.05, 0) is 13.0 Å². The van der Waals surface area contributed by atoms with E-state index >= 15 is 0 Å². The van der Waals surface area contributed by atoms with E-state index in [1.807, 2.05) is 13.0 Å². The van der Waals surface area contributed by atoms with Gasteiger partial charge in [0.15, 0.2) is 0 Å². The number of amides is 1. The van der Waals surface area contributed by atoms with E-state index < -0.39 is 0 Å². The summed E-state index contributed by atoms with van der Waals surface area (Å²) in [5.74, 6) is 0.00866. The summed E-state index contributed by atoms with van der Waals surface area (Å²) in [5.41, 5.74) is 2.23. The molecule has 0 aromatic heterocycles. The molecule has 0 radical (unpaired) electrons. The van der Waals surface area contributed by atoms with E-state index in [2.05, 4.69) is 11.4 Å². The minimum Gasteiger partial charge on any atom is -0.330 e. The largest absolute Gasteiger partial charge is 0.330 e. The van der Waals surface area contributed by atoms with E-state index in [0.29, 0.717) is 0 Å². The van der Waals surface area contributed by atoms with E-state index in [1.54, 1.807) is 0 Å². The molecule has 10 heavy (non-hydrogen) atoms. The van der Waals surface area contributed by atoms with Crippen LogP contribution < -0.4 is 5.32 Å². The number of carbonyl (C=O) groups excluding carboxylic acids is 1. The van der Waals surface area contributed by atoms with Crippen LogP contribution in [0.1, 0.15) is 20.3 Å². The molecule has 0 atom stereocenters. The van der Waals surface area contributed by atoms with Crippen LogP contribution in [0.15, 0.2) is 23.4 Å². The highest BCUT2D eigenvalue weighted by atomic mass is 16.1. The molecule has 0 saturated heterocycles. The third-order valence-corrected chi connectivity index (χ3v) is 1.38. The minimum atomic E-state index is 0.00866. The third-order valence-electron chi connectivity index (χ3n) is 1.38. The van der Waals surface area contributed by atoms with E-state index in [1.165, 1.54) is 12.5 Å². The maximum Gasteiger partial charge on any atom is 0.221 e. The van der Waals surface area contributed by atoms with Crippen LogP contribution in [0.3, 0.4) is 0 Å². The Hall–Kier alpha value is -1.05. The Kier molecular flexibility index (Phi) is 1.90. The van der Waals surface area contributed by atoms with Crippen LogP contribution >= 0.6 is 0 Å². The standard InChI is InChI=1S/C8H11NO/c1-6-3-4-8(5-6)9-7(2)10/h3,5H,4H2,1-2H3,(H,9,10). The molecule has 1 amide bonds. The van der Waals surface area contributed by atoms with Gasteiger partial charge < -0.3 is 5.32 Å². The Balaban J connectivity index is 2.48. The van der Waals surface area contributed by atoms with Gasteiger partial charge in [0.25, 0.3) is 0 Å². The fraction of sp³-hybridized carbons (Fsp3) is 0.375. The smallest absolute Gasteiger partial charge is 0.221 e. The summed E-state index contributed by atoms with van der Waals surface area (Å²) in [7, 11) is 0. The summed E-state index contributed by atoms with van der Waals surface area (Å²) in [5, 5.41) is 2.74. The lowest BCUT2D eigenvalue weighted by Gasteiger charge is -1.99. The first-order valence-corrected chi connectivity index (χ1v) is 3.33. The van der Waals surface area contributed by atoms with E-state index in [0.717, 1.165) is 12.1 Å². The highest BCUT2D eigenvalue weighted by Crippen LogP contribution is 2.13. The molecule has 0 spiro atoms. The normalized spacial score (nSPS) is 16.2. The Labute approximate surface area is 60.6 Å². The van der Waals surface area contributed by atoms with Crippen molar-refractivity contribution in [3.8, 4) is 0 Å². The summed E-state index contributed by atoms with van der Waals surface area (Å²) in [6.07, 6.45) is 4.94. The van der Waals surface area contributed by atoms with Crippen LogP contribution in [0.5, 0.6) is 0 Å². The van der Waals surface area contributed by atoms with Gasteiger partial charge in [0, 0.05) is 19.0 Å². The first-order valence-electron chi connectivity index (χ1n) is 3.33. The zero-order valence-electron chi connectivity index (χ0n) is 6.27. The molecule has 0 unspecified atom stereocenters. The van der Waals surface area contributed by atoms with Crippen LogP contribution in [0.25, 0.3) is 0 Å². The molecule has 0 aromatic rings. The molecule has 0 aromatic carbocycles. The number of hydrogen-bond acceptors (Lipinski definition) is 1. The Morgan fingerprint density at radius 1 is 1.70 bits per heavy atom. The van der Waals surface area contributed by atoms with Crippen LogP contribution in [0.2, 0.25) is 0 Å². The van der Waals surface area contributed by atoms with Crippen molar-refractivity contribution < 1.29 is 4.79 Å². The molecule has 2 heteroatoms. The van der Waals surface area contributed by atoms with Gasteiger partial charge in [-0.15, -0.1) is 0 Å². The summed E-state index contributed by atoms with van der Waals surface area (Å²) in [4.78, 5) is 10.5. The average molecular weight is 137 g/mol. The fourth-order valence-corrected chi connectivity index (χ4v) is 0.977. The number of nitrogens with one attached hydrogen (secondary N) is 1. The zero-order chi connectivity index (χ0) is 7.56. The lowest BCUT2D eigenvalue weighted by molar-refractivity contribution is -0.118. The molecule has 0 bridgehead atoms. The topological polar surface area (TPSA) is 29.1 Å². The Morgan fingerprint density at radius 2 is 2.40 bits per heavy atom. The summed E-state index contributed by atoms with van der Waals surface area (Å²) in [6.45, 7) is 3.54. The molecular formula is C8H11NO. The molecule has 0 heterocycles. The summed E-state index contributed by atoms with van der Waals surface area (Å²) >= 11 is 0. The summed E-state index contributed by atoms with van der Waals surface area (Å²) in [6, 6.07) is 0. The fourth-order valence-electron chi connectivity index (χ4n) is 0.977. The van der Waals surface area contributed by atoms with E-state index in [-0.39, 0.29) is 5.91 Å². The van der Waals surface area contributed by atoms with Crippen molar-refractivity contribution >= 4 is 5.91 Å². The molecule has 0 fully saturated rings. The van der Waals surface area contributed by atoms with E-state index in [4.69, 9.17) is 0 Å². The molecule has 0 saturated carbocycles. The predicted molar refractivity (Wildman–Crippen MR) is 40.3 cm³/mol. The second-order valence-corrected chi connectivity index (χ2v) is 2.50. The molecule has 2 nitrogen and oxygen atoms in total. The van der Waals surface area contributed by atoms with Crippen molar-refractivity contribution in [1.29, 1.82) is 0 Å². The van der Waals surface area contributed by atoms with Crippen molar-refractivity contribution in [3.05, 3.63) is 23.4 Å². The van der Waals surface area contributed by atoms with Crippen molar-refractivity contribution in [2.75, 3.05) is 0 Å². The molecular weight excluding hydrogens is 126 g/mol. The number of allylic oxidation sites excluding steroid dienone is 3. The van der Waals surface area contributed by atoms with Crippen LogP contribution in [0, 0.1) is 0 Å². The first kappa shape index (κ1) is 7.06. The summed E-state index contributed by atoms with van der Waals surface area (Å²) < 4.78 is 0. The van der Waals surface area contributed by atoms with Gasteiger partial charge in [0.05, 0.1) is 0 Å².